The topological polar surface area (TPSA) is 35.5 Å². The summed E-state index contributed by atoms with van der Waals surface area (Å²) < 4.78 is 10.9. The highest BCUT2D eigenvalue weighted by molar-refractivity contribution is 6.30. The van der Waals surface area contributed by atoms with Crippen molar-refractivity contribution in [1.82, 2.24) is 0 Å². The fourth-order valence-corrected chi connectivity index (χ4v) is 1.85. The molecule has 0 unspecified atom stereocenters. The quantitative estimate of drug-likeness (QED) is 0.712. The van der Waals surface area contributed by atoms with E-state index >= 15 is 0 Å². The molecule has 2 aromatic rings. The Bertz CT molecular complexity index is 576. The van der Waals surface area contributed by atoms with Gasteiger partial charge in [-0.25, -0.2) is 0 Å². The number of hydrogen-bond donors (Lipinski definition) is 0. The highest BCUT2D eigenvalue weighted by Crippen LogP contribution is 2.17. The smallest absolute Gasteiger partial charge is 0.200 e. The van der Waals surface area contributed by atoms with Crippen LogP contribution in [0.25, 0.3) is 0 Å². The summed E-state index contributed by atoms with van der Waals surface area (Å²) in [5.74, 6) is 1.31. The molecule has 0 N–H and O–H groups in total. The molecule has 0 bridgehead atoms. The lowest BCUT2D eigenvalue weighted by molar-refractivity contribution is 0.0921. The standard InChI is InChI=1S/C17H17ClO3/c1-2-11-20-15-7-3-13(4-8-15)17(19)12-21-16-9-5-14(18)6-10-16/h3-10H,2,11-12H2,1H3. The van der Waals surface area contributed by atoms with E-state index in [-0.39, 0.29) is 12.4 Å². The summed E-state index contributed by atoms with van der Waals surface area (Å²) >= 11 is 5.79. The van der Waals surface area contributed by atoms with Gasteiger partial charge in [-0.15, -0.1) is 0 Å². The van der Waals surface area contributed by atoms with Crippen molar-refractivity contribution >= 4 is 17.4 Å². The van der Waals surface area contributed by atoms with Crippen molar-refractivity contribution in [3.63, 3.8) is 0 Å². The van der Waals surface area contributed by atoms with Gasteiger partial charge in [0.15, 0.2) is 12.4 Å². The Morgan fingerprint density at radius 3 is 2.14 bits per heavy atom. The molecule has 0 aliphatic carbocycles. The first kappa shape index (κ1) is 15.4. The Labute approximate surface area is 129 Å². The minimum absolute atomic E-state index is 0.00318. The van der Waals surface area contributed by atoms with Crippen LogP contribution in [0.3, 0.4) is 0 Å². The van der Waals surface area contributed by atoms with Crippen molar-refractivity contribution in [3.8, 4) is 11.5 Å². The normalized spacial score (nSPS) is 10.2. The largest absolute Gasteiger partial charge is 0.494 e. The van der Waals surface area contributed by atoms with E-state index in [1.807, 2.05) is 6.92 Å². The highest BCUT2D eigenvalue weighted by Gasteiger charge is 2.07. The summed E-state index contributed by atoms with van der Waals surface area (Å²) in [6.45, 7) is 2.72. The molecule has 21 heavy (non-hydrogen) atoms. The second-order valence-corrected chi connectivity index (χ2v) is 4.98. The summed E-state index contributed by atoms with van der Waals surface area (Å²) in [7, 11) is 0. The van der Waals surface area contributed by atoms with Gasteiger partial charge in [0, 0.05) is 10.6 Å². The fraction of sp³-hybridized carbons (Fsp3) is 0.235. The third-order valence-corrected chi connectivity index (χ3v) is 3.08. The molecule has 0 spiro atoms. The van der Waals surface area contributed by atoms with Gasteiger partial charge < -0.3 is 9.47 Å². The molecule has 3 nitrogen and oxygen atoms in total. The molecule has 0 amide bonds. The van der Waals surface area contributed by atoms with Gasteiger partial charge in [-0.2, -0.15) is 0 Å². The maximum absolute atomic E-state index is 12.0. The molecule has 0 atom stereocenters. The summed E-state index contributed by atoms with van der Waals surface area (Å²) in [5.41, 5.74) is 0.604. The number of Topliss-reactive ketones (excluding diaryl/α,β-unsaturated/α-hetero) is 1. The minimum Gasteiger partial charge on any atom is -0.494 e. The molecule has 0 heterocycles. The summed E-state index contributed by atoms with van der Waals surface area (Å²) in [5, 5.41) is 0.636. The zero-order valence-corrected chi connectivity index (χ0v) is 12.6. The first-order chi connectivity index (χ1) is 10.2. The average molecular weight is 305 g/mol. The first-order valence-electron chi connectivity index (χ1n) is 6.83. The number of carbonyl (C=O) groups excluding carboxylic acids is 1. The molecule has 0 aliphatic heterocycles. The molecule has 2 rings (SSSR count). The molecule has 0 aliphatic rings. The maximum atomic E-state index is 12.0. The molecular weight excluding hydrogens is 288 g/mol. The lowest BCUT2D eigenvalue weighted by Crippen LogP contribution is -2.11. The molecule has 0 radical (unpaired) electrons. The van der Waals surface area contributed by atoms with Crippen molar-refractivity contribution in [2.75, 3.05) is 13.2 Å². The van der Waals surface area contributed by atoms with E-state index in [0.717, 1.165) is 12.2 Å². The Kier molecular flexibility index (Phi) is 5.64. The van der Waals surface area contributed by atoms with Crippen LogP contribution in [-0.4, -0.2) is 19.0 Å². The van der Waals surface area contributed by atoms with Crippen molar-refractivity contribution in [2.45, 2.75) is 13.3 Å². The SMILES string of the molecule is CCCOc1ccc(C(=O)COc2ccc(Cl)cc2)cc1. The van der Waals surface area contributed by atoms with Crippen LogP contribution in [0.4, 0.5) is 0 Å². The van der Waals surface area contributed by atoms with E-state index in [1.54, 1.807) is 48.5 Å². The van der Waals surface area contributed by atoms with Gasteiger partial charge >= 0.3 is 0 Å². The predicted octanol–water partition coefficient (Wildman–Crippen LogP) is 4.39. The van der Waals surface area contributed by atoms with E-state index in [2.05, 4.69) is 0 Å². The number of benzene rings is 2. The van der Waals surface area contributed by atoms with Crippen LogP contribution in [0.15, 0.2) is 48.5 Å². The Hall–Kier alpha value is -2.00. The number of hydrogen-bond acceptors (Lipinski definition) is 3. The Morgan fingerprint density at radius 1 is 0.952 bits per heavy atom. The fourth-order valence-electron chi connectivity index (χ4n) is 1.72. The Balaban J connectivity index is 1.89. The van der Waals surface area contributed by atoms with Crippen LogP contribution in [0.1, 0.15) is 23.7 Å². The van der Waals surface area contributed by atoms with Crippen molar-refractivity contribution in [1.29, 1.82) is 0 Å². The minimum atomic E-state index is -0.0769. The summed E-state index contributed by atoms with van der Waals surface area (Å²) in [6, 6.07) is 14.0. The average Bonchev–Trinajstić information content (AvgIpc) is 2.52. The van der Waals surface area contributed by atoms with Crippen molar-refractivity contribution in [3.05, 3.63) is 59.1 Å². The van der Waals surface area contributed by atoms with Crippen LogP contribution in [-0.2, 0) is 0 Å². The van der Waals surface area contributed by atoms with Gasteiger partial charge in [-0.3, -0.25) is 4.79 Å². The zero-order valence-electron chi connectivity index (χ0n) is 11.8. The summed E-state index contributed by atoms with van der Waals surface area (Å²) in [6.07, 6.45) is 0.954. The molecule has 4 heteroatoms. The van der Waals surface area contributed by atoms with Gasteiger partial charge in [0.05, 0.1) is 6.61 Å². The lowest BCUT2D eigenvalue weighted by atomic mass is 10.1. The first-order valence-corrected chi connectivity index (χ1v) is 7.21. The number of halogens is 1. The highest BCUT2D eigenvalue weighted by atomic mass is 35.5. The van der Waals surface area contributed by atoms with E-state index < -0.39 is 0 Å². The van der Waals surface area contributed by atoms with Gasteiger partial charge in [-0.05, 0) is 55.0 Å². The van der Waals surface area contributed by atoms with Gasteiger partial charge in [0.2, 0.25) is 0 Å². The van der Waals surface area contributed by atoms with Crippen LogP contribution in [0.2, 0.25) is 5.02 Å². The molecule has 0 fully saturated rings. The predicted molar refractivity (Wildman–Crippen MR) is 83.5 cm³/mol. The second-order valence-electron chi connectivity index (χ2n) is 4.54. The second kappa shape index (κ2) is 7.70. The van der Waals surface area contributed by atoms with Crippen LogP contribution in [0.5, 0.6) is 11.5 Å². The van der Waals surface area contributed by atoms with Crippen LogP contribution < -0.4 is 9.47 Å². The van der Waals surface area contributed by atoms with Crippen LogP contribution in [0, 0.1) is 0 Å². The lowest BCUT2D eigenvalue weighted by Gasteiger charge is -2.07. The van der Waals surface area contributed by atoms with E-state index in [0.29, 0.717) is 22.9 Å². The van der Waals surface area contributed by atoms with Crippen molar-refractivity contribution in [2.24, 2.45) is 0 Å². The molecule has 2 aromatic carbocycles. The van der Waals surface area contributed by atoms with Gasteiger partial charge in [0.1, 0.15) is 11.5 Å². The third kappa shape index (κ3) is 4.80. The Morgan fingerprint density at radius 2 is 1.52 bits per heavy atom. The molecular formula is C17H17ClO3. The van der Waals surface area contributed by atoms with Crippen molar-refractivity contribution < 1.29 is 14.3 Å². The zero-order chi connectivity index (χ0) is 15.1. The number of rotatable bonds is 7. The third-order valence-electron chi connectivity index (χ3n) is 2.83. The molecule has 0 saturated heterocycles. The van der Waals surface area contributed by atoms with E-state index in [1.165, 1.54) is 0 Å². The van der Waals surface area contributed by atoms with Crippen LogP contribution >= 0.6 is 11.6 Å². The molecule has 110 valence electrons. The summed E-state index contributed by atoms with van der Waals surface area (Å²) in [4.78, 5) is 12.0. The van der Waals surface area contributed by atoms with Gasteiger partial charge in [-0.1, -0.05) is 18.5 Å². The maximum Gasteiger partial charge on any atom is 0.200 e. The van der Waals surface area contributed by atoms with Gasteiger partial charge in [0.25, 0.3) is 0 Å². The number of ether oxygens (including phenoxy) is 2. The van der Waals surface area contributed by atoms with E-state index in [4.69, 9.17) is 21.1 Å². The number of ketones is 1. The monoisotopic (exact) mass is 304 g/mol. The van der Waals surface area contributed by atoms with E-state index in [9.17, 15) is 4.79 Å². The number of carbonyl (C=O) groups is 1. The molecule has 0 saturated carbocycles. The molecule has 0 aromatic heterocycles.